The molecule has 0 aromatic heterocycles. The van der Waals surface area contributed by atoms with Crippen LogP contribution in [-0.4, -0.2) is 6.03 Å². The summed E-state index contributed by atoms with van der Waals surface area (Å²) < 4.78 is 0. The monoisotopic (exact) mass is 179 g/mol. The van der Waals surface area contributed by atoms with Crippen molar-refractivity contribution in [1.29, 1.82) is 0 Å². The number of hydrogen-bond donors (Lipinski definition) is 3. The van der Waals surface area contributed by atoms with E-state index in [-0.39, 0.29) is 12.1 Å². The molecule has 0 bridgehead atoms. The van der Waals surface area contributed by atoms with Gasteiger partial charge in [-0.1, -0.05) is 30.3 Å². The minimum absolute atomic E-state index is 0.0373. The number of nitrogens with one attached hydrogen (secondary N) is 2. The molecule has 0 spiro atoms. The summed E-state index contributed by atoms with van der Waals surface area (Å²) in [7, 11) is 0. The van der Waals surface area contributed by atoms with Crippen molar-refractivity contribution < 1.29 is 4.79 Å². The van der Waals surface area contributed by atoms with Gasteiger partial charge in [-0.15, -0.1) is 0 Å². The van der Waals surface area contributed by atoms with Gasteiger partial charge in [-0.2, -0.15) is 0 Å². The zero-order valence-corrected chi connectivity index (χ0v) is 7.45. The highest BCUT2D eigenvalue weighted by Crippen LogP contribution is 2.10. The first kappa shape index (κ1) is 9.54. The average molecular weight is 179 g/mol. The van der Waals surface area contributed by atoms with E-state index in [1.54, 1.807) is 0 Å². The summed E-state index contributed by atoms with van der Waals surface area (Å²) in [6.07, 6.45) is 0. The Morgan fingerprint density at radius 1 is 1.38 bits per heavy atom. The predicted octanol–water partition coefficient (Wildman–Crippen LogP) is 0.920. The topological polar surface area (TPSA) is 67.2 Å². The third-order valence-corrected chi connectivity index (χ3v) is 1.78. The van der Waals surface area contributed by atoms with Crippen LogP contribution in [0.25, 0.3) is 0 Å². The zero-order valence-electron chi connectivity index (χ0n) is 7.45. The van der Waals surface area contributed by atoms with E-state index in [9.17, 15) is 4.79 Å². The van der Waals surface area contributed by atoms with Gasteiger partial charge in [-0.25, -0.2) is 10.6 Å². The van der Waals surface area contributed by atoms with E-state index in [1.807, 2.05) is 42.7 Å². The van der Waals surface area contributed by atoms with Crippen LogP contribution in [-0.2, 0) is 0 Å². The van der Waals surface area contributed by atoms with Crippen molar-refractivity contribution >= 4 is 6.03 Å². The summed E-state index contributed by atoms with van der Waals surface area (Å²) in [6, 6.07) is 9.25. The Balaban J connectivity index is 2.59. The SMILES string of the molecule is C[C@@H](NC(=O)NN)c1ccccc1. The van der Waals surface area contributed by atoms with Crippen molar-refractivity contribution in [3.63, 3.8) is 0 Å². The van der Waals surface area contributed by atoms with Crippen LogP contribution in [0.15, 0.2) is 30.3 Å². The maximum atomic E-state index is 10.8. The molecule has 0 aliphatic heterocycles. The third-order valence-electron chi connectivity index (χ3n) is 1.78. The van der Waals surface area contributed by atoms with E-state index in [1.165, 1.54) is 0 Å². The molecular formula is C9H13N3O. The van der Waals surface area contributed by atoms with Crippen molar-refractivity contribution in [3.05, 3.63) is 35.9 Å². The van der Waals surface area contributed by atoms with Gasteiger partial charge in [0.15, 0.2) is 0 Å². The van der Waals surface area contributed by atoms with Crippen LogP contribution in [0.4, 0.5) is 4.79 Å². The normalized spacial score (nSPS) is 11.8. The lowest BCUT2D eigenvalue weighted by Gasteiger charge is -2.13. The van der Waals surface area contributed by atoms with Gasteiger partial charge in [-0.3, -0.25) is 5.43 Å². The molecule has 0 saturated heterocycles. The van der Waals surface area contributed by atoms with E-state index in [0.29, 0.717) is 0 Å². The molecule has 0 fully saturated rings. The number of benzene rings is 1. The lowest BCUT2D eigenvalue weighted by molar-refractivity contribution is 0.238. The van der Waals surface area contributed by atoms with E-state index in [4.69, 9.17) is 5.84 Å². The first-order chi connectivity index (χ1) is 6.24. The number of nitrogens with two attached hydrogens (primary N) is 1. The van der Waals surface area contributed by atoms with E-state index in [0.717, 1.165) is 5.56 Å². The van der Waals surface area contributed by atoms with Crippen LogP contribution >= 0.6 is 0 Å². The smallest absolute Gasteiger partial charge is 0.329 e. The summed E-state index contributed by atoms with van der Waals surface area (Å²) in [6.45, 7) is 1.89. The minimum atomic E-state index is -0.378. The minimum Gasteiger partial charge on any atom is -0.331 e. The van der Waals surface area contributed by atoms with E-state index in [2.05, 4.69) is 5.32 Å². The second-order valence-corrected chi connectivity index (χ2v) is 2.75. The van der Waals surface area contributed by atoms with Crippen LogP contribution in [0.3, 0.4) is 0 Å². The number of carbonyl (C=O) groups is 1. The van der Waals surface area contributed by atoms with Crippen molar-refractivity contribution in [1.82, 2.24) is 10.7 Å². The Kier molecular flexibility index (Phi) is 3.28. The summed E-state index contributed by atoms with van der Waals surface area (Å²) in [5.41, 5.74) is 3.06. The highest BCUT2D eigenvalue weighted by Gasteiger charge is 2.06. The summed E-state index contributed by atoms with van der Waals surface area (Å²) in [5, 5.41) is 2.67. The molecule has 0 aliphatic carbocycles. The standard InChI is InChI=1S/C9H13N3O/c1-7(11-9(13)12-10)8-5-3-2-4-6-8/h2-7H,10H2,1H3,(H2,11,12,13)/t7-/m1/s1. The molecule has 13 heavy (non-hydrogen) atoms. The summed E-state index contributed by atoms with van der Waals surface area (Å²) in [4.78, 5) is 10.8. The van der Waals surface area contributed by atoms with Gasteiger partial charge < -0.3 is 5.32 Å². The molecule has 1 atom stereocenters. The second-order valence-electron chi connectivity index (χ2n) is 2.75. The van der Waals surface area contributed by atoms with Crippen molar-refractivity contribution in [2.24, 2.45) is 5.84 Å². The summed E-state index contributed by atoms with van der Waals surface area (Å²) in [5.74, 6) is 4.94. The highest BCUT2D eigenvalue weighted by atomic mass is 16.2. The lowest BCUT2D eigenvalue weighted by atomic mass is 10.1. The molecule has 1 aromatic rings. The Hall–Kier alpha value is -1.55. The van der Waals surface area contributed by atoms with Crippen LogP contribution < -0.4 is 16.6 Å². The van der Waals surface area contributed by atoms with Gasteiger partial charge in [-0.05, 0) is 12.5 Å². The zero-order chi connectivity index (χ0) is 9.68. The van der Waals surface area contributed by atoms with Gasteiger partial charge in [0.25, 0.3) is 0 Å². The lowest BCUT2D eigenvalue weighted by Crippen LogP contribution is -2.40. The number of hydrazine groups is 1. The maximum absolute atomic E-state index is 10.8. The van der Waals surface area contributed by atoms with Gasteiger partial charge >= 0.3 is 6.03 Å². The van der Waals surface area contributed by atoms with Crippen LogP contribution in [0.5, 0.6) is 0 Å². The van der Waals surface area contributed by atoms with E-state index < -0.39 is 0 Å². The average Bonchev–Trinajstić information content (AvgIpc) is 2.19. The van der Waals surface area contributed by atoms with Gasteiger partial charge in [0.05, 0.1) is 6.04 Å². The Bertz CT molecular complexity index is 273. The van der Waals surface area contributed by atoms with Crippen molar-refractivity contribution in [2.45, 2.75) is 13.0 Å². The Labute approximate surface area is 77.1 Å². The number of urea groups is 1. The molecule has 4 nitrogen and oxygen atoms in total. The number of amides is 2. The van der Waals surface area contributed by atoms with Crippen LogP contribution in [0, 0.1) is 0 Å². The number of hydrogen-bond acceptors (Lipinski definition) is 2. The van der Waals surface area contributed by atoms with Gasteiger partial charge in [0, 0.05) is 0 Å². The number of rotatable bonds is 2. The highest BCUT2D eigenvalue weighted by molar-refractivity contribution is 5.73. The van der Waals surface area contributed by atoms with Crippen molar-refractivity contribution in [2.75, 3.05) is 0 Å². The molecule has 70 valence electrons. The fraction of sp³-hybridized carbons (Fsp3) is 0.222. The molecule has 1 rings (SSSR count). The number of carbonyl (C=O) groups excluding carboxylic acids is 1. The first-order valence-corrected chi connectivity index (χ1v) is 4.06. The Morgan fingerprint density at radius 2 is 2.00 bits per heavy atom. The maximum Gasteiger partial charge on any atom is 0.329 e. The molecule has 0 heterocycles. The Morgan fingerprint density at radius 3 is 2.54 bits per heavy atom. The molecule has 0 radical (unpaired) electrons. The van der Waals surface area contributed by atoms with Crippen LogP contribution in [0.2, 0.25) is 0 Å². The predicted molar refractivity (Wildman–Crippen MR) is 50.7 cm³/mol. The van der Waals surface area contributed by atoms with E-state index >= 15 is 0 Å². The van der Waals surface area contributed by atoms with Gasteiger partial charge in [0.2, 0.25) is 0 Å². The second kappa shape index (κ2) is 4.47. The molecule has 4 N–H and O–H groups in total. The van der Waals surface area contributed by atoms with Crippen LogP contribution in [0.1, 0.15) is 18.5 Å². The summed E-state index contributed by atoms with van der Waals surface area (Å²) >= 11 is 0. The molecule has 0 saturated carbocycles. The van der Waals surface area contributed by atoms with Crippen molar-refractivity contribution in [3.8, 4) is 0 Å². The largest absolute Gasteiger partial charge is 0.331 e. The molecule has 0 aliphatic rings. The fourth-order valence-corrected chi connectivity index (χ4v) is 1.06. The molecule has 4 heteroatoms. The van der Waals surface area contributed by atoms with Gasteiger partial charge in [0.1, 0.15) is 0 Å². The first-order valence-electron chi connectivity index (χ1n) is 4.06. The molecule has 1 aromatic carbocycles. The fourth-order valence-electron chi connectivity index (χ4n) is 1.06. The third kappa shape index (κ3) is 2.76. The molecule has 2 amide bonds. The molecule has 0 unspecified atom stereocenters. The quantitative estimate of drug-likeness (QED) is 0.359. The molecular weight excluding hydrogens is 166 g/mol.